The molecule has 0 aliphatic heterocycles. The van der Waals surface area contributed by atoms with Gasteiger partial charge >= 0.3 is 0 Å². The number of rotatable bonds is 6. The summed E-state index contributed by atoms with van der Waals surface area (Å²) < 4.78 is 1.71. The first-order valence-electron chi connectivity index (χ1n) is 8.65. The van der Waals surface area contributed by atoms with Crippen LogP contribution in [0.4, 0.5) is 5.69 Å². The van der Waals surface area contributed by atoms with Crippen LogP contribution in [0.2, 0.25) is 5.02 Å². The third-order valence-electron chi connectivity index (χ3n) is 4.59. The van der Waals surface area contributed by atoms with Gasteiger partial charge in [-0.25, -0.2) is 9.67 Å². The molecule has 0 fully saturated rings. The van der Waals surface area contributed by atoms with Crippen molar-refractivity contribution in [2.24, 2.45) is 0 Å². The molecule has 0 aliphatic carbocycles. The summed E-state index contributed by atoms with van der Waals surface area (Å²) in [6.07, 6.45) is 3.16. The number of amides is 1. The van der Waals surface area contributed by atoms with Crippen molar-refractivity contribution in [3.05, 3.63) is 71.3 Å². The van der Waals surface area contributed by atoms with Gasteiger partial charge < -0.3 is 5.32 Å². The lowest BCUT2D eigenvalue weighted by molar-refractivity contribution is -0.117. The number of benzene rings is 2. The molecular formula is C20H22ClN5O. The summed E-state index contributed by atoms with van der Waals surface area (Å²) in [6.45, 7) is 4.29. The Kier molecular flexibility index (Phi) is 5.88. The molecule has 3 rings (SSSR count). The van der Waals surface area contributed by atoms with E-state index >= 15 is 0 Å². The van der Waals surface area contributed by atoms with Gasteiger partial charge in [-0.15, -0.1) is 0 Å². The SMILES string of the molecule is Cc1ccc(Cl)cc1NC(=O)CN(C)[C@H](C)c1ccc(-n2cncn2)cc1. The van der Waals surface area contributed by atoms with Crippen molar-refractivity contribution in [1.29, 1.82) is 0 Å². The van der Waals surface area contributed by atoms with Crippen LogP contribution in [0.15, 0.2) is 55.1 Å². The Hall–Kier alpha value is -2.70. The van der Waals surface area contributed by atoms with Gasteiger partial charge in [0.25, 0.3) is 0 Å². The summed E-state index contributed by atoms with van der Waals surface area (Å²) in [4.78, 5) is 18.4. The fraction of sp³-hybridized carbons (Fsp3) is 0.250. The summed E-state index contributed by atoms with van der Waals surface area (Å²) in [7, 11) is 1.93. The van der Waals surface area contributed by atoms with E-state index in [2.05, 4.69) is 22.3 Å². The minimum Gasteiger partial charge on any atom is -0.325 e. The van der Waals surface area contributed by atoms with E-state index in [1.807, 2.05) is 55.3 Å². The Balaban J connectivity index is 1.62. The van der Waals surface area contributed by atoms with Gasteiger partial charge in [0, 0.05) is 16.8 Å². The predicted molar refractivity (Wildman–Crippen MR) is 107 cm³/mol. The predicted octanol–water partition coefficient (Wildman–Crippen LogP) is 3.86. The maximum absolute atomic E-state index is 12.4. The molecule has 0 radical (unpaired) electrons. The van der Waals surface area contributed by atoms with Crippen LogP contribution in [0.5, 0.6) is 0 Å². The van der Waals surface area contributed by atoms with Crippen LogP contribution in [0.3, 0.4) is 0 Å². The van der Waals surface area contributed by atoms with E-state index in [1.54, 1.807) is 17.1 Å². The van der Waals surface area contributed by atoms with Crippen LogP contribution in [0.1, 0.15) is 24.1 Å². The second-order valence-corrected chi connectivity index (χ2v) is 6.97. The molecule has 140 valence electrons. The van der Waals surface area contributed by atoms with Crippen LogP contribution in [0.25, 0.3) is 5.69 Å². The van der Waals surface area contributed by atoms with E-state index in [4.69, 9.17) is 11.6 Å². The van der Waals surface area contributed by atoms with Gasteiger partial charge in [-0.2, -0.15) is 5.10 Å². The largest absolute Gasteiger partial charge is 0.325 e. The van der Waals surface area contributed by atoms with Crippen molar-refractivity contribution in [3.8, 4) is 5.69 Å². The van der Waals surface area contributed by atoms with E-state index in [-0.39, 0.29) is 18.5 Å². The molecule has 1 amide bonds. The van der Waals surface area contributed by atoms with E-state index < -0.39 is 0 Å². The molecule has 6 nitrogen and oxygen atoms in total. The number of halogens is 1. The number of carbonyl (C=O) groups is 1. The molecule has 0 unspecified atom stereocenters. The summed E-state index contributed by atoms with van der Waals surface area (Å²) in [5.41, 5.74) is 3.78. The van der Waals surface area contributed by atoms with Crippen LogP contribution in [-0.2, 0) is 4.79 Å². The topological polar surface area (TPSA) is 63.1 Å². The lowest BCUT2D eigenvalue weighted by atomic mass is 10.1. The molecule has 0 bridgehead atoms. The second-order valence-electron chi connectivity index (χ2n) is 6.53. The van der Waals surface area contributed by atoms with Crippen molar-refractivity contribution in [3.63, 3.8) is 0 Å². The first-order valence-corrected chi connectivity index (χ1v) is 9.03. The number of aryl methyl sites for hydroxylation is 1. The Morgan fingerprint density at radius 1 is 1.26 bits per heavy atom. The number of aromatic nitrogens is 3. The summed E-state index contributed by atoms with van der Waals surface area (Å²) in [5, 5.41) is 7.66. The molecule has 1 atom stereocenters. The molecule has 0 saturated heterocycles. The zero-order valence-electron chi connectivity index (χ0n) is 15.6. The van der Waals surface area contributed by atoms with E-state index in [0.717, 1.165) is 22.5 Å². The number of hydrogen-bond donors (Lipinski definition) is 1. The summed E-state index contributed by atoms with van der Waals surface area (Å²) in [6, 6.07) is 13.6. The van der Waals surface area contributed by atoms with Gasteiger partial charge in [0.2, 0.25) is 5.91 Å². The van der Waals surface area contributed by atoms with Crippen molar-refractivity contribution in [2.45, 2.75) is 19.9 Å². The van der Waals surface area contributed by atoms with Gasteiger partial charge in [0.05, 0.1) is 12.2 Å². The van der Waals surface area contributed by atoms with Crippen LogP contribution in [-0.4, -0.2) is 39.2 Å². The zero-order valence-corrected chi connectivity index (χ0v) is 16.3. The number of nitrogens with zero attached hydrogens (tertiary/aromatic N) is 4. The highest BCUT2D eigenvalue weighted by Crippen LogP contribution is 2.22. The molecule has 0 spiro atoms. The lowest BCUT2D eigenvalue weighted by Crippen LogP contribution is -2.32. The summed E-state index contributed by atoms with van der Waals surface area (Å²) in [5.74, 6) is -0.0750. The normalized spacial score (nSPS) is 12.2. The second kappa shape index (κ2) is 8.33. The molecule has 1 N–H and O–H groups in total. The van der Waals surface area contributed by atoms with E-state index in [0.29, 0.717) is 5.02 Å². The van der Waals surface area contributed by atoms with Gasteiger partial charge in [-0.05, 0) is 56.3 Å². The minimum absolute atomic E-state index is 0.0750. The Morgan fingerprint density at radius 2 is 2.00 bits per heavy atom. The van der Waals surface area contributed by atoms with Crippen LogP contribution < -0.4 is 5.32 Å². The molecule has 27 heavy (non-hydrogen) atoms. The Bertz CT molecular complexity index is 909. The van der Waals surface area contributed by atoms with E-state index in [9.17, 15) is 4.79 Å². The molecule has 0 aliphatic rings. The Labute approximate surface area is 163 Å². The van der Waals surface area contributed by atoms with Crippen molar-refractivity contribution in [1.82, 2.24) is 19.7 Å². The molecule has 2 aromatic carbocycles. The molecule has 1 heterocycles. The van der Waals surface area contributed by atoms with Gasteiger partial charge in [0.15, 0.2) is 0 Å². The number of anilines is 1. The fourth-order valence-electron chi connectivity index (χ4n) is 2.78. The smallest absolute Gasteiger partial charge is 0.238 e. The third kappa shape index (κ3) is 4.72. The molecule has 7 heteroatoms. The molecule has 1 aromatic heterocycles. The van der Waals surface area contributed by atoms with Crippen LogP contribution >= 0.6 is 11.6 Å². The van der Waals surface area contributed by atoms with Gasteiger partial charge in [-0.1, -0.05) is 29.8 Å². The monoisotopic (exact) mass is 383 g/mol. The summed E-state index contributed by atoms with van der Waals surface area (Å²) >= 11 is 6.01. The Morgan fingerprint density at radius 3 is 2.67 bits per heavy atom. The average molecular weight is 384 g/mol. The standard InChI is InChI=1S/C20H22ClN5O/c1-14-4-7-17(21)10-19(14)24-20(27)11-25(3)15(2)16-5-8-18(9-6-16)26-13-22-12-23-26/h4-10,12-13,15H,11H2,1-3H3,(H,24,27)/t15-/m1/s1. The maximum atomic E-state index is 12.4. The lowest BCUT2D eigenvalue weighted by Gasteiger charge is -2.25. The third-order valence-corrected chi connectivity index (χ3v) is 4.82. The highest BCUT2D eigenvalue weighted by molar-refractivity contribution is 6.31. The van der Waals surface area contributed by atoms with Gasteiger partial charge in [-0.3, -0.25) is 9.69 Å². The number of nitrogens with one attached hydrogen (secondary N) is 1. The number of hydrogen-bond acceptors (Lipinski definition) is 4. The van der Waals surface area contributed by atoms with Gasteiger partial charge in [0.1, 0.15) is 12.7 Å². The average Bonchev–Trinajstić information content (AvgIpc) is 3.19. The molecular weight excluding hydrogens is 362 g/mol. The highest BCUT2D eigenvalue weighted by Gasteiger charge is 2.16. The highest BCUT2D eigenvalue weighted by atomic mass is 35.5. The van der Waals surface area contributed by atoms with Crippen molar-refractivity contribution >= 4 is 23.2 Å². The number of likely N-dealkylation sites (N-methyl/N-ethyl adjacent to an activating group) is 1. The maximum Gasteiger partial charge on any atom is 0.238 e. The molecule has 0 saturated carbocycles. The van der Waals surface area contributed by atoms with Crippen molar-refractivity contribution < 1.29 is 4.79 Å². The quantitative estimate of drug-likeness (QED) is 0.702. The number of carbonyl (C=O) groups excluding carboxylic acids is 1. The van der Waals surface area contributed by atoms with Crippen molar-refractivity contribution in [2.75, 3.05) is 18.9 Å². The first-order chi connectivity index (χ1) is 12.9. The first kappa shape index (κ1) is 19.1. The van der Waals surface area contributed by atoms with Crippen LogP contribution in [0, 0.1) is 6.92 Å². The minimum atomic E-state index is -0.0750. The zero-order chi connectivity index (χ0) is 19.4. The fourth-order valence-corrected chi connectivity index (χ4v) is 2.96. The van der Waals surface area contributed by atoms with E-state index in [1.165, 1.54) is 6.33 Å². The molecule has 3 aromatic rings.